The number of H-pyrrole nitrogens is 1. The molecule has 86 valence electrons. The molecule has 0 amide bonds. The third-order valence-electron chi connectivity index (χ3n) is 2.73. The lowest BCUT2D eigenvalue weighted by molar-refractivity contribution is 0.766. The van der Waals surface area contributed by atoms with Gasteiger partial charge in [0.2, 0.25) is 0 Å². The fourth-order valence-electron chi connectivity index (χ4n) is 1.72. The van der Waals surface area contributed by atoms with Crippen molar-refractivity contribution in [2.45, 2.75) is 18.9 Å². The number of anilines is 2. The SMILES string of the molecule is Cn1c(N)c(NC2CC=CC2)c(=O)[nH]c1=O. The van der Waals surface area contributed by atoms with E-state index in [0.29, 0.717) is 0 Å². The van der Waals surface area contributed by atoms with Crippen LogP contribution < -0.4 is 22.3 Å². The van der Waals surface area contributed by atoms with Gasteiger partial charge < -0.3 is 11.1 Å². The summed E-state index contributed by atoms with van der Waals surface area (Å²) in [5.41, 5.74) is 5.03. The van der Waals surface area contributed by atoms with E-state index in [4.69, 9.17) is 5.73 Å². The van der Waals surface area contributed by atoms with Gasteiger partial charge in [0.15, 0.2) is 0 Å². The average Bonchev–Trinajstić information content (AvgIpc) is 2.74. The Labute approximate surface area is 91.8 Å². The molecule has 0 bridgehead atoms. The van der Waals surface area contributed by atoms with Crippen LogP contribution in [0, 0.1) is 0 Å². The summed E-state index contributed by atoms with van der Waals surface area (Å²) >= 11 is 0. The van der Waals surface area contributed by atoms with Crippen molar-refractivity contribution in [1.29, 1.82) is 0 Å². The van der Waals surface area contributed by atoms with Gasteiger partial charge in [0.25, 0.3) is 5.56 Å². The van der Waals surface area contributed by atoms with Crippen LogP contribution in [0.3, 0.4) is 0 Å². The second-order valence-corrected chi connectivity index (χ2v) is 3.86. The van der Waals surface area contributed by atoms with Gasteiger partial charge in [0.1, 0.15) is 11.5 Å². The predicted molar refractivity (Wildman–Crippen MR) is 62.5 cm³/mol. The minimum absolute atomic E-state index is 0.167. The summed E-state index contributed by atoms with van der Waals surface area (Å²) in [5.74, 6) is 0.167. The second kappa shape index (κ2) is 3.88. The van der Waals surface area contributed by atoms with Crippen molar-refractivity contribution in [3.05, 3.63) is 33.0 Å². The third-order valence-corrected chi connectivity index (χ3v) is 2.73. The molecule has 0 fully saturated rings. The molecule has 0 saturated carbocycles. The van der Waals surface area contributed by atoms with Crippen LogP contribution in [0.5, 0.6) is 0 Å². The minimum atomic E-state index is -0.502. The number of hydrogen-bond acceptors (Lipinski definition) is 4. The van der Waals surface area contributed by atoms with E-state index in [1.54, 1.807) is 0 Å². The topological polar surface area (TPSA) is 92.9 Å². The van der Waals surface area contributed by atoms with Crippen molar-refractivity contribution in [3.63, 3.8) is 0 Å². The Morgan fingerprint density at radius 3 is 2.69 bits per heavy atom. The van der Waals surface area contributed by atoms with Gasteiger partial charge in [-0.1, -0.05) is 12.2 Å². The molecular formula is C10H14N4O2. The lowest BCUT2D eigenvalue weighted by Crippen LogP contribution is -2.34. The fraction of sp³-hybridized carbons (Fsp3) is 0.400. The number of nitrogens with zero attached hydrogens (tertiary/aromatic N) is 1. The van der Waals surface area contributed by atoms with E-state index in [1.165, 1.54) is 11.6 Å². The molecule has 1 aliphatic rings. The van der Waals surface area contributed by atoms with Crippen LogP contribution in [0.2, 0.25) is 0 Å². The molecule has 6 heteroatoms. The number of nitrogens with one attached hydrogen (secondary N) is 2. The molecule has 2 rings (SSSR count). The maximum atomic E-state index is 11.6. The first-order chi connectivity index (χ1) is 7.59. The van der Waals surface area contributed by atoms with Gasteiger partial charge in [-0.25, -0.2) is 4.79 Å². The van der Waals surface area contributed by atoms with E-state index < -0.39 is 11.2 Å². The van der Waals surface area contributed by atoms with Gasteiger partial charge in [-0.15, -0.1) is 0 Å². The van der Waals surface area contributed by atoms with Crippen LogP contribution in [-0.2, 0) is 7.05 Å². The zero-order chi connectivity index (χ0) is 11.7. The Morgan fingerprint density at radius 2 is 2.06 bits per heavy atom. The second-order valence-electron chi connectivity index (χ2n) is 3.86. The van der Waals surface area contributed by atoms with Gasteiger partial charge >= 0.3 is 5.69 Å². The van der Waals surface area contributed by atoms with Crippen LogP contribution in [0.4, 0.5) is 11.5 Å². The van der Waals surface area contributed by atoms with Crippen LogP contribution in [0.25, 0.3) is 0 Å². The molecular weight excluding hydrogens is 208 g/mol. The zero-order valence-electron chi connectivity index (χ0n) is 8.99. The van der Waals surface area contributed by atoms with Crippen LogP contribution in [0.1, 0.15) is 12.8 Å². The average molecular weight is 222 g/mol. The monoisotopic (exact) mass is 222 g/mol. The molecule has 1 aliphatic carbocycles. The number of nitrogens with two attached hydrogens (primary N) is 1. The largest absolute Gasteiger partial charge is 0.383 e. The summed E-state index contributed by atoms with van der Waals surface area (Å²) in [5, 5.41) is 3.05. The van der Waals surface area contributed by atoms with Crippen molar-refractivity contribution in [3.8, 4) is 0 Å². The molecule has 4 N–H and O–H groups in total. The molecule has 1 aromatic heterocycles. The molecule has 0 saturated heterocycles. The standard InChI is InChI=1S/C10H14N4O2/c1-14-8(11)7(9(15)13-10(14)16)12-6-4-2-3-5-6/h2-3,6,12H,4-5,11H2,1H3,(H,13,15,16). The van der Waals surface area contributed by atoms with Gasteiger partial charge in [0, 0.05) is 13.1 Å². The fourth-order valence-corrected chi connectivity index (χ4v) is 1.72. The molecule has 0 radical (unpaired) electrons. The Kier molecular flexibility index (Phi) is 2.55. The van der Waals surface area contributed by atoms with E-state index in [-0.39, 0.29) is 17.5 Å². The molecule has 0 unspecified atom stereocenters. The number of nitrogen functional groups attached to an aromatic ring is 1. The summed E-state index contributed by atoms with van der Waals surface area (Å²) in [6.07, 6.45) is 5.82. The minimum Gasteiger partial charge on any atom is -0.383 e. The van der Waals surface area contributed by atoms with E-state index in [0.717, 1.165) is 12.8 Å². The molecule has 1 heterocycles. The Bertz CT molecular complexity index is 533. The molecule has 0 aromatic carbocycles. The van der Waals surface area contributed by atoms with E-state index in [9.17, 15) is 9.59 Å². The normalized spacial score (nSPS) is 15.6. The first-order valence-corrected chi connectivity index (χ1v) is 5.10. The maximum absolute atomic E-state index is 11.6. The summed E-state index contributed by atoms with van der Waals surface area (Å²) in [7, 11) is 1.52. The highest BCUT2D eigenvalue weighted by Gasteiger charge is 2.15. The maximum Gasteiger partial charge on any atom is 0.329 e. The summed E-state index contributed by atoms with van der Waals surface area (Å²) in [6, 6.07) is 0.181. The molecule has 16 heavy (non-hydrogen) atoms. The lowest BCUT2D eigenvalue weighted by atomic mass is 10.2. The van der Waals surface area contributed by atoms with Crippen molar-refractivity contribution in [2.75, 3.05) is 11.1 Å². The Morgan fingerprint density at radius 1 is 1.44 bits per heavy atom. The highest BCUT2D eigenvalue weighted by Crippen LogP contribution is 2.17. The van der Waals surface area contributed by atoms with Gasteiger partial charge in [-0.2, -0.15) is 0 Å². The summed E-state index contributed by atoms with van der Waals surface area (Å²) < 4.78 is 1.21. The number of aromatic nitrogens is 2. The molecule has 0 spiro atoms. The van der Waals surface area contributed by atoms with Crippen molar-refractivity contribution >= 4 is 11.5 Å². The number of rotatable bonds is 2. The van der Waals surface area contributed by atoms with E-state index in [2.05, 4.69) is 10.3 Å². The van der Waals surface area contributed by atoms with E-state index >= 15 is 0 Å². The van der Waals surface area contributed by atoms with Crippen LogP contribution in [-0.4, -0.2) is 15.6 Å². The third kappa shape index (κ3) is 1.73. The predicted octanol–water partition coefficient (Wildman–Crippen LogP) is -0.214. The molecule has 1 aromatic rings. The van der Waals surface area contributed by atoms with Crippen molar-refractivity contribution in [2.24, 2.45) is 7.05 Å². The summed E-state index contributed by atoms with van der Waals surface area (Å²) in [6.45, 7) is 0. The first-order valence-electron chi connectivity index (χ1n) is 5.10. The molecule has 0 aliphatic heterocycles. The van der Waals surface area contributed by atoms with Gasteiger partial charge in [-0.3, -0.25) is 14.3 Å². The van der Waals surface area contributed by atoms with Crippen molar-refractivity contribution in [1.82, 2.24) is 9.55 Å². The quantitative estimate of drug-likeness (QED) is 0.603. The van der Waals surface area contributed by atoms with Crippen molar-refractivity contribution < 1.29 is 0 Å². The van der Waals surface area contributed by atoms with Gasteiger partial charge in [-0.05, 0) is 12.8 Å². The smallest absolute Gasteiger partial charge is 0.329 e. The Hall–Kier alpha value is -1.98. The number of hydrogen-bond donors (Lipinski definition) is 3. The van der Waals surface area contributed by atoms with E-state index in [1.807, 2.05) is 12.2 Å². The Balaban J connectivity index is 2.37. The highest BCUT2D eigenvalue weighted by atomic mass is 16.2. The van der Waals surface area contributed by atoms with Crippen LogP contribution >= 0.6 is 0 Å². The highest BCUT2D eigenvalue weighted by molar-refractivity contribution is 5.60. The zero-order valence-corrected chi connectivity index (χ0v) is 8.99. The van der Waals surface area contributed by atoms with Gasteiger partial charge in [0.05, 0.1) is 0 Å². The number of aromatic amines is 1. The molecule has 6 nitrogen and oxygen atoms in total. The first kappa shape index (κ1) is 10.5. The molecule has 0 atom stereocenters. The lowest BCUT2D eigenvalue weighted by Gasteiger charge is -2.15. The summed E-state index contributed by atoms with van der Waals surface area (Å²) in [4.78, 5) is 25.0. The van der Waals surface area contributed by atoms with Crippen LogP contribution in [0.15, 0.2) is 21.7 Å².